The van der Waals surface area contributed by atoms with Crippen LogP contribution >= 0.6 is 12.4 Å². The molecule has 17 heavy (non-hydrogen) atoms. The maximum atomic E-state index is 11.6. The van der Waals surface area contributed by atoms with Gasteiger partial charge in [-0.3, -0.25) is 4.90 Å². The van der Waals surface area contributed by atoms with Crippen molar-refractivity contribution in [3.63, 3.8) is 0 Å². The Labute approximate surface area is 108 Å². The van der Waals surface area contributed by atoms with Crippen LogP contribution in [-0.4, -0.2) is 37.1 Å². The highest BCUT2D eigenvalue weighted by molar-refractivity contribution is 5.93. The molecule has 4 nitrogen and oxygen atoms in total. The van der Waals surface area contributed by atoms with Crippen molar-refractivity contribution in [2.75, 3.05) is 26.2 Å². The largest absolute Gasteiger partial charge is 0.462 e. The van der Waals surface area contributed by atoms with Crippen molar-refractivity contribution >= 4 is 18.4 Å². The Kier molecular flexibility index (Phi) is 4.98. The smallest absolute Gasteiger partial charge is 0.348 e. The van der Waals surface area contributed by atoms with Crippen molar-refractivity contribution in [1.29, 1.82) is 5.26 Å². The van der Waals surface area contributed by atoms with Crippen LogP contribution in [0.4, 0.5) is 0 Å². The van der Waals surface area contributed by atoms with Gasteiger partial charge in [0.25, 0.3) is 0 Å². The maximum absolute atomic E-state index is 11.6. The minimum absolute atomic E-state index is 0. The number of carbonyl (C=O) groups is 1. The molecule has 5 heteroatoms. The fraction of sp³-hybridized carbons (Fsp3) is 0.667. The van der Waals surface area contributed by atoms with Gasteiger partial charge in [-0.05, 0) is 44.3 Å². The summed E-state index contributed by atoms with van der Waals surface area (Å²) in [6.07, 6.45) is 2.14. The SMILES string of the molecule is CCOC(=O)C(C#N)=C1CN2CCC1CC2.Cl. The number of halogens is 1. The number of nitriles is 1. The topological polar surface area (TPSA) is 53.3 Å². The van der Waals surface area contributed by atoms with Crippen molar-refractivity contribution in [3.8, 4) is 6.07 Å². The van der Waals surface area contributed by atoms with Gasteiger partial charge in [0.1, 0.15) is 11.6 Å². The lowest BCUT2D eigenvalue weighted by atomic mass is 9.81. The van der Waals surface area contributed by atoms with Crippen LogP contribution in [0.1, 0.15) is 19.8 Å². The normalized spacial score (nSPS) is 28.9. The number of piperidine rings is 3. The molecule has 0 atom stereocenters. The Hall–Kier alpha value is -1.05. The summed E-state index contributed by atoms with van der Waals surface area (Å²) in [5.74, 6) is -0.0298. The van der Waals surface area contributed by atoms with Crippen molar-refractivity contribution in [1.82, 2.24) is 4.90 Å². The summed E-state index contributed by atoms with van der Waals surface area (Å²) in [5, 5.41) is 9.08. The highest BCUT2D eigenvalue weighted by Crippen LogP contribution is 2.33. The lowest BCUT2D eigenvalue weighted by Gasteiger charge is -2.41. The fourth-order valence-electron chi connectivity index (χ4n) is 2.54. The zero-order valence-corrected chi connectivity index (χ0v) is 10.8. The molecule has 0 N–H and O–H groups in total. The van der Waals surface area contributed by atoms with Crippen LogP contribution in [0, 0.1) is 17.2 Å². The van der Waals surface area contributed by atoms with E-state index < -0.39 is 5.97 Å². The lowest BCUT2D eigenvalue weighted by Crippen LogP contribution is -2.44. The summed E-state index contributed by atoms with van der Waals surface area (Å²) in [4.78, 5) is 13.9. The average molecular weight is 257 g/mol. The van der Waals surface area contributed by atoms with Gasteiger partial charge < -0.3 is 4.74 Å². The predicted octanol–water partition coefficient (Wildman–Crippen LogP) is 1.52. The zero-order valence-electron chi connectivity index (χ0n) is 9.94. The van der Waals surface area contributed by atoms with E-state index >= 15 is 0 Å². The molecular weight excluding hydrogens is 240 g/mol. The molecular formula is C12H17ClN2O2. The quantitative estimate of drug-likeness (QED) is 0.427. The number of hydrogen-bond acceptors (Lipinski definition) is 4. The van der Waals surface area contributed by atoms with Gasteiger partial charge in [-0.15, -0.1) is 12.4 Å². The van der Waals surface area contributed by atoms with Crippen molar-refractivity contribution < 1.29 is 9.53 Å². The molecule has 3 heterocycles. The molecule has 0 aromatic carbocycles. The Bertz CT molecular complexity index is 365. The minimum Gasteiger partial charge on any atom is -0.462 e. The minimum atomic E-state index is -0.450. The van der Waals surface area contributed by atoms with Crippen molar-refractivity contribution in [3.05, 3.63) is 11.1 Å². The molecule has 0 aromatic rings. The summed E-state index contributed by atoms with van der Waals surface area (Å²) >= 11 is 0. The van der Waals surface area contributed by atoms with Gasteiger partial charge >= 0.3 is 5.97 Å². The molecule has 0 saturated carbocycles. The third-order valence-electron chi connectivity index (χ3n) is 3.39. The fourth-order valence-corrected chi connectivity index (χ4v) is 2.54. The van der Waals surface area contributed by atoms with E-state index in [-0.39, 0.29) is 18.0 Å². The van der Waals surface area contributed by atoms with E-state index in [9.17, 15) is 4.79 Å². The van der Waals surface area contributed by atoms with Crippen LogP contribution < -0.4 is 0 Å². The molecule has 3 aliphatic rings. The number of esters is 1. The van der Waals surface area contributed by atoms with Crippen LogP contribution in [0.25, 0.3) is 0 Å². The summed E-state index contributed by atoms with van der Waals surface area (Å²) in [6.45, 7) is 5.04. The monoisotopic (exact) mass is 256 g/mol. The standard InChI is InChI=1S/C12H16N2O2.ClH/c1-2-16-12(15)10(7-13)11-8-14-5-3-9(11)4-6-14;/h9H,2-6,8H2,1H3;1H. The van der Waals surface area contributed by atoms with E-state index in [1.165, 1.54) is 0 Å². The van der Waals surface area contributed by atoms with Crippen LogP contribution in [0.5, 0.6) is 0 Å². The molecule has 3 fully saturated rings. The molecule has 2 bridgehead atoms. The highest BCUT2D eigenvalue weighted by atomic mass is 35.5. The second-order valence-corrected chi connectivity index (χ2v) is 4.28. The predicted molar refractivity (Wildman–Crippen MR) is 65.7 cm³/mol. The van der Waals surface area contributed by atoms with E-state index in [1.807, 2.05) is 6.07 Å². The third kappa shape index (κ3) is 2.80. The Morgan fingerprint density at radius 1 is 1.53 bits per heavy atom. The average Bonchev–Trinajstić information content (AvgIpc) is 2.32. The molecule has 94 valence electrons. The molecule has 0 aliphatic carbocycles. The van der Waals surface area contributed by atoms with Gasteiger partial charge in [0.15, 0.2) is 0 Å². The van der Waals surface area contributed by atoms with Gasteiger partial charge in [0.05, 0.1) is 6.61 Å². The Morgan fingerprint density at radius 3 is 2.59 bits per heavy atom. The zero-order chi connectivity index (χ0) is 11.5. The first-order valence-electron chi connectivity index (χ1n) is 5.79. The molecule has 0 spiro atoms. The Balaban J connectivity index is 0.00000144. The van der Waals surface area contributed by atoms with Crippen LogP contribution in [-0.2, 0) is 9.53 Å². The van der Waals surface area contributed by atoms with Gasteiger partial charge in [-0.1, -0.05) is 0 Å². The van der Waals surface area contributed by atoms with Gasteiger partial charge in [-0.25, -0.2) is 4.79 Å². The van der Waals surface area contributed by atoms with Crippen LogP contribution in [0.3, 0.4) is 0 Å². The lowest BCUT2D eigenvalue weighted by molar-refractivity contribution is -0.138. The van der Waals surface area contributed by atoms with E-state index in [2.05, 4.69) is 4.90 Å². The maximum Gasteiger partial charge on any atom is 0.348 e. The van der Waals surface area contributed by atoms with E-state index in [1.54, 1.807) is 6.92 Å². The van der Waals surface area contributed by atoms with E-state index in [0.29, 0.717) is 12.5 Å². The first-order valence-corrected chi connectivity index (χ1v) is 5.79. The van der Waals surface area contributed by atoms with E-state index in [4.69, 9.17) is 10.00 Å². The second-order valence-electron chi connectivity index (χ2n) is 4.28. The second kappa shape index (κ2) is 6.04. The van der Waals surface area contributed by atoms with Gasteiger partial charge in [0.2, 0.25) is 0 Å². The molecule has 0 unspecified atom stereocenters. The molecule has 0 aromatic heterocycles. The molecule has 0 radical (unpaired) electrons. The summed E-state index contributed by atoms with van der Waals surface area (Å²) in [6, 6.07) is 2.02. The van der Waals surface area contributed by atoms with Crippen LogP contribution in [0.15, 0.2) is 11.1 Å². The number of ether oxygens (including phenoxy) is 1. The highest BCUT2D eigenvalue weighted by Gasteiger charge is 2.33. The molecule has 3 rings (SSSR count). The molecule has 3 saturated heterocycles. The Morgan fingerprint density at radius 2 is 2.18 bits per heavy atom. The molecule has 3 aliphatic heterocycles. The van der Waals surface area contributed by atoms with E-state index in [0.717, 1.165) is 38.0 Å². The number of nitrogens with zero attached hydrogens (tertiary/aromatic N) is 2. The van der Waals surface area contributed by atoms with Gasteiger partial charge in [0, 0.05) is 6.54 Å². The number of rotatable bonds is 2. The van der Waals surface area contributed by atoms with Crippen molar-refractivity contribution in [2.45, 2.75) is 19.8 Å². The van der Waals surface area contributed by atoms with Crippen molar-refractivity contribution in [2.24, 2.45) is 5.92 Å². The molecule has 0 amide bonds. The number of fused-ring (bicyclic) bond motifs is 3. The summed E-state index contributed by atoms with van der Waals surface area (Å²) in [5.41, 5.74) is 1.25. The third-order valence-corrected chi connectivity index (χ3v) is 3.39. The first-order chi connectivity index (χ1) is 7.76. The number of hydrogen-bond donors (Lipinski definition) is 0. The summed E-state index contributed by atoms with van der Waals surface area (Å²) < 4.78 is 4.92. The number of carbonyl (C=O) groups excluding carboxylic acids is 1. The first kappa shape index (κ1) is 14.0. The summed E-state index contributed by atoms with van der Waals surface area (Å²) in [7, 11) is 0. The van der Waals surface area contributed by atoms with Gasteiger partial charge in [-0.2, -0.15) is 5.26 Å². The van der Waals surface area contributed by atoms with Crippen LogP contribution in [0.2, 0.25) is 0 Å².